The number of aromatic hydroxyl groups is 1. The predicted molar refractivity (Wildman–Crippen MR) is 118 cm³/mol. The molecule has 0 aliphatic heterocycles. The Morgan fingerprint density at radius 1 is 1.03 bits per heavy atom. The van der Waals surface area contributed by atoms with Crippen LogP contribution in [0.25, 0.3) is 12.2 Å². The molecule has 0 unspecified atom stereocenters. The van der Waals surface area contributed by atoms with E-state index < -0.39 is 5.97 Å². The molecule has 30 heavy (non-hydrogen) atoms. The van der Waals surface area contributed by atoms with Gasteiger partial charge in [0.2, 0.25) is 0 Å². The van der Waals surface area contributed by atoms with Gasteiger partial charge >= 0.3 is 5.97 Å². The summed E-state index contributed by atoms with van der Waals surface area (Å²) < 4.78 is 21.2. The van der Waals surface area contributed by atoms with E-state index in [-0.39, 0.29) is 11.3 Å². The highest BCUT2D eigenvalue weighted by atomic mass is 16.5. The average molecular weight is 412 g/mol. The fourth-order valence-electron chi connectivity index (χ4n) is 3.13. The Morgan fingerprint density at radius 2 is 1.63 bits per heavy atom. The van der Waals surface area contributed by atoms with E-state index in [2.05, 4.69) is 6.58 Å². The molecule has 0 aliphatic carbocycles. The maximum Gasteiger partial charge on any atom is 0.342 e. The highest BCUT2D eigenvalue weighted by Crippen LogP contribution is 2.38. The van der Waals surface area contributed by atoms with Gasteiger partial charge in [0.25, 0.3) is 0 Å². The molecular weight excluding hydrogens is 384 g/mol. The summed E-state index contributed by atoms with van der Waals surface area (Å²) in [5, 5.41) is 10.9. The van der Waals surface area contributed by atoms with Crippen molar-refractivity contribution in [1.29, 1.82) is 0 Å². The van der Waals surface area contributed by atoms with Crippen molar-refractivity contribution >= 4 is 18.1 Å². The lowest BCUT2D eigenvalue weighted by molar-refractivity contribution is 0.0597. The van der Waals surface area contributed by atoms with Gasteiger partial charge in [-0.3, -0.25) is 0 Å². The van der Waals surface area contributed by atoms with Gasteiger partial charge in [-0.25, -0.2) is 4.79 Å². The van der Waals surface area contributed by atoms with Crippen LogP contribution in [0, 0.1) is 0 Å². The van der Waals surface area contributed by atoms with Crippen molar-refractivity contribution in [2.75, 3.05) is 28.4 Å². The largest absolute Gasteiger partial charge is 0.507 e. The minimum absolute atomic E-state index is 0.0696. The van der Waals surface area contributed by atoms with E-state index in [9.17, 15) is 9.90 Å². The number of carbonyl (C=O) groups is 1. The van der Waals surface area contributed by atoms with Gasteiger partial charge < -0.3 is 24.1 Å². The van der Waals surface area contributed by atoms with Crippen LogP contribution < -0.4 is 14.2 Å². The quantitative estimate of drug-likeness (QED) is 0.359. The number of benzene rings is 2. The Hall–Kier alpha value is -3.41. The van der Waals surface area contributed by atoms with E-state index in [0.717, 1.165) is 5.57 Å². The van der Waals surface area contributed by atoms with Crippen LogP contribution in [-0.4, -0.2) is 39.5 Å². The van der Waals surface area contributed by atoms with Crippen LogP contribution in [0.5, 0.6) is 23.0 Å². The SMILES string of the molecule is C=C(C)CCc1c(OC)cc(C=Cc2c(OC)cccc2OC)c(C(=O)OC)c1O. The first-order valence-corrected chi connectivity index (χ1v) is 9.42. The lowest BCUT2D eigenvalue weighted by Crippen LogP contribution is -2.07. The molecule has 0 spiro atoms. The maximum atomic E-state index is 12.5. The number of methoxy groups -OCH3 is 4. The van der Waals surface area contributed by atoms with Crippen LogP contribution >= 0.6 is 0 Å². The Labute approximate surface area is 177 Å². The summed E-state index contributed by atoms with van der Waals surface area (Å²) in [4.78, 5) is 12.5. The van der Waals surface area contributed by atoms with Gasteiger partial charge in [-0.2, -0.15) is 0 Å². The molecule has 0 atom stereocenters. The van der Waals surface area contributed by atoms with Crippen molar-refractivity contribution < 1.29 is 28.8 Å². The van der Waals surface area contributed by atoms with Crippen molar-refractivity contribution in [2.24, 2.45) is 0 Å². The molecule has 0 saturated heterocycles. The summed E-state index contributed by atoms with van der Waals surface area (Å²) in [6.07, 6.45) is 4.58. The van der Waals surface area contributed by atoms with Gasteiger partial charge in [-0.1, -0.05) is 17.7 Å². The van der Waals surface area contributed by atoms with Gasteiger partial charge in [0.1, 0.15) is 28.6 Å². The molecule has 2 aromatic carbocycles. The van der Waals surface area contributed by atoms with Crippen LogP contribution in [0.15, 0.2) is 36.4 Å². The number of ether oxygens (including phenoxy) is 4. The van der Waals surface area contributed by atoms with E-state index in [4.69, 9.17) is 18.9 Å². The Bertz CT molecular complexity index is 936. The lowest BCUT2D eigenvalue weighted by Gasteiger charge is -2.16. The monoisotopic (exact) mass is 412 g/mol. The topological polar surface area (TPSA) is 74.2 Å². The highest BCUT2D eigenvalue weighted by Gasteiger charge is 2.23. The first-order chi connectivity index (χ1) is 14.4. The normalized spacial score (nSPS) is 10.7. The average Bonchev–Trinajstić information content (AvgIpc) is 2.75. The molecule has 6 heteroatoms. The van der Waals surface area contributed by atoms with Gasteiger partial charge in [-0.15, -0.1) is 6.58 Å². The van der Waals surface area contributed by atoms with Crippen molar-refractivity contribution in [3.05, 3.63) is 58.7 Å². The molecule has 2 aromatic rings. The summed E-state index contributed by atoms with van der Waals surface area (Å²) >= 11 is 0. The summed E-state index contributed by atoms with van der Waals surface area (Å²) in [5.41, 5.74) is 2.71. The number of carbonyl (C=O) groups excluding carboxylic acids is 1. The van der Waals surface area contributed by atoms with Gasteiger partial charge in [0.15, 0.2) is 0 Å². The molecule has 0 heterocycles. The number of phenols is 1. The fraction of sp³-hybridized carbons (Fsp3) is 0.292. The molecule has 0 fully saturated rings. The van der Waals surface area contributed by atoms with E-state index >= 15 is 0 Å². The second-order valence-electron chi connectivity index (χ2n) is 6.73. The third-order valence-corrected chi connectivity index (χ3v) is 4.70. The van der Waals surface area contributed by atoms with Crippen molar-refractivity contribution in [1.82, 2.24) is 0 Å². The van der Waals surface area contributed by atoms with Crippen LogP contribution in [0.3, 0.4) is 0 Å². The number of hydrogen-bond donors (Lipinski definition) is 1. The number of phenolic OH excluding ortho intramolecular Hbond substituents is 1. The summed E-state index contributed by atoms with van der Waals surface area (Å²) in [6, 6.07) is 7.14. The maximum absolute atomic E-state index is 12.5. The van der Waals surface area contributed by atoms with Gasteiger partial charge in [-0.05, 0) is 49.6 Å². The molecule has 0 saturated carbocycles. The first kappa shape index (κ1) is 22.9. The van der Waals surface area contributed by atoms with E-state index in [1.54, 1.807) is 32.4 Å². The minimum Gasteiger partial charge on any atom is -0.507 e. The molecule has 0 radical (unpaired) electrons. The summed E-state index contributed by atoms with van der Waals surface area (Å²) in [6.45, 7) is 5.80. The number of esters is 1. The first-order valence-electron chi connectivity index (χ1n) is 9.42. The fourth-order valence-corrected chi connectivity index (χ4v) is 3.13. The van der Waals surface area contributed by atoms with E-state index in [1.165, 1.54) is 14.2 Å². The third-order valence-electron chi connectivity index (χ3n) is 4.70. The number of allylic oxidation sites excluding steroid dienone is 1. The zero-order valence-corrected chi connectivity index (χ0v) is 18.1. The molecule has 0 aromatic heterocycles. The molecule has 0 aliphatic rings. The molecule has 0 bridgehead atoms. The molecular formula is C24H28O6. The van der Waals surface area contributed by atoms with Gasteiger partial charge in [0, 0.05) is 5.56 Å². The van der Waals surface area contributed by atoms with Crippen LogP contribution in [-0.2, 0) is 11.2 Å². The third kappa shape index (κ3) is 4.95. The van der Waals surface area contributed by atoms with E-state index in [0.29, 0.717) is 46.8 Å². The molecule has 2 rings (SSSR count). The number of hydrogen-bond acceptors (Lipinski definition) is 6. The van der Waals surface area contributed by atoms with Crippen LogP contribution in [0.1, 0.15) is 40.4 Å². The van der Waals surface area contributed by atoms with Crippen molar-refractivity contribution in [3.63, 3.8) is 0 Å². The standard InChI is InChI=1S/C24H28O6/c1-15(2)10-12-18-21(29-5)14-16(22(23(18)25)24(26)30-6)11-13-17-19(27-3)8-7-9-20(17)28-4/h7-9,11,13-14,25H,1,10,12H2,2-6H3. The van der Waals surface area contributed by atoms with E-state index in [1.807, 2.05) is 25.1 Å². The molecule has 6 nitrogen and oxygen atoms in total. The Morgan fingerprint density at radius 3 is 2.13 bits per heavy atom. The van der Waals surface area contributed by atoms with Crippen molar-refractivity contribution in [2.45, 2.75) is 19.8 Å². The number of rotatable bonds is 9. The summed E-state index contributed by atoms with van der Waals surface area (Å²) in [5.74, 6) is 0.902. The minimum atomic E-state index is -0.640. The smallest absolute Gasteiger partial charge is 0.342 e. The zero-order chi connectivity index (χ0) is 22.3. The summed E-state index contributed by atoms with van der Waals surface area (Å²) in [7, 11) is 5.93. The molecule has 1 N–H and O–H groups in total. The van der Waals surface area contributed by atoms with Crippen molar-refractivity contribution in [3.8, 4) is 23.0 Å². The molecule has 160 valence electrons. The van der Waals surface area contributed by atoms with Crippen LogP contribution in [0.4, 0.5) is 0 Å². The van der Waals surface area contributed by atoms with Gasteiger partial charge in [0.05, 0.1) is 34.0 Å². The second-order valence-corrected chi connectivity index (χ2v) is 6.73. The predicted octanol–water partition coefficient (Wildman–Crippen LogP) is 4.88. The lowest BCUT2D eigenvalue weighted by atomic mass is 9.96. The highest BCUT2D eigenvalue weighted by molar-refractivity contribution is 5.99. The molecule has 0 amide bonds. The zero-order valence-electron chi connectivity index (χ0n) is 18.1. The Kier molecular flexibility index (Phi) is 7.92. The Balaban J connectivity index is 2.65. The second kappa shape index (κ2) is 10.4. The van der Waals surface area contributed by atoms with Crippen LogP contribution in [0.2, 0.25) is 0 Å².